The number of carbonyl (C=O) groups is 1. The molecule has 2 aromatic rings. The second kappa shape index (κ2) is 8.10. The highest BCUT2D eigenvalue weighted by Crippen LogP contribution is 2.36. The number of benzene rings is 2. The fourth-order valence-corrected chi connectivity index (χ4v) is 3.62. The molecule has 2 aromatic carbocycles. The summed E-state index contributed by atoms with van der Waals surface area (Å²) in [5.41, 5.74) is 1.64. The highest BCUT2D eigenvalue weighted by molar-refractivity contribution is 8.18. The molecule has 0 N–H and O–H groups in total. The van der Waals surface area contributed by atoms with Crippen molar-refractivity contribution in [2.45, 2.75) is 6.92 Å². The molecule has 1 aliphatic heterocycles. The van der Waals surface area contributed by atoms with Gasteiger partial charge in [0.2, 0.25) is 0 Å². The van der Waals surface area contributed by atoms with E-state index in [-0.39, 0.29) is 5.91 Å². The summed E-state index contributed by atoms with van der Waals surface area (Å²) in [5.74, 6) is 1.31. The number of ether oxygens (including phenoxy) is 2. The number of hydrogen-bond acceptors (Lipinski definition) is 5. The topological polar surface area (TPSA) is 51.1 Å². The van der Waals surface area contributed by atoms with Crippen LogP contribution >= 0.6 is 11.8 Å². The third-order valence-corrected chi connectivity index (χ3v) is 4.92. The molecule has 0 aromatic heterocycles. The van der Waals surface area contributed by atoms with Crippen molar-refractivity contribution >= 4 is 34.6 Å². The number of rotatable bonds is 5. The normalized spacial score (nSPS) is 17.2. The SMILES string of the molecule is CCN1C(=O)C(=Cc2ccc(OC)cc2OC)SC1=Nc1ccccc1. The quantitative estimate of drug-likeness (QED) is 0.737. The van der Waals surface area contributed by atoms with Crippen LogP contribution in [0.1, 0.15) is 12.5 Å². The number of likely N-dealkylation sites (N-methyl/N-ethyl adjacent to an activating group) is 1. The summed E-state index contributed by atoms with van der Waals surface area (Å²) in [6.45, 7) is 2.50. The lowest BCUT2D eigenvalue weighted by atomic mass is 10.1. The molecule has 5 nitrogen and oxygen atoms in total. The largest absolute Gasteiger partial charge is 0.497 e. The smallest absolute Gasteiger partial charge is 0.266 e. The zero-order valence-electron chi connectivity index (χ0n) is 14.9. The molecule has 26 heavy (non-hydrogen) atoms. The summed E-state index contributed by atoms with van der Waals surface area (Å²) in [6, 6.07) is 15.1. The fourth-order valence-electron chi connectivity index (χ4n) is 2.56. The molecule has 6 heteroatoms. The highest BCUT2D eigenvalue weighted by Gasteiger charge is 2.32. The van der Waals surface area contributed by atoms with Crippen LogP contribution in [0.5, 0.6) is 11.5 Å². The summed E-state index contributed by atoms with van der Waals surface area (Å²) in [4.78, 5) is 19.7. The van der Waals surface area contributed by atoms with Gasteiger partial charge in [-0.25, -0.2) is 4.99 Å². The summed E-state index contributed by atoms with van der Waals surface area (Å²) in [7, 11) is 3.20. The van der Waals surface area contributed by atoms with Crippen molar-refractivity contribution in [2.24, 2.45) is 4.99 Å². The lowest BCUT2D eigenvalue weighted by molar-refractivity contribution is -0.122. The fraction of sp³-hybridized carbons (Fsp3) is 0.200. The van der Waals surface area contributed by atoms with Gasteiger partial charge in [-0.2, -0.15) is 0 Å². The molecule has 1 saturated heterocycles. The van der Waals surface area contributed by atoms with Crippen molar-refractivity contribution in [1.29, 1.82) is 0 Å². The van der Waals surface area contributed by atoms with E-state index < -0.39 is 0 Å². The van der Waals surface area contributed by atoms with E-state index in [4.69, 9.17) is 9.47 Å². The Morgan fingerprint density at radius 2 is 1.88 bits per heavy atom. The number of carbonyl (C=O) groups excluding carboxylic acids is 1. The first kappa shape index (κ1) is 18.1. The molecular formula is C20H20N2O3S. The van der Waals surface area contributed by atoms with Crippen LogP contribution in [-0.2, 0) is 4.79 Å². The Hall–Kier alpha value is -2.73. The number of aliphatic imine (C=N–C) groups is 1. The van der Waals surface area contributed by atoms with Crippen LogP contribution in [0.2, 0.25) is 0 Å². The predicted molar refractivity (Wildman–Crippen MR) is 106 cm³/mol. The monoisotopic (exact) mass is 368 g/mol. The first-order valence-electron chi connectivity index (χ1n) is 8.23. The van der Waals surface area contributed by atoms with Crippen molar-refractivity contribution in [3.8, 4) is 11.5 Å². The molecular weight excluding hydrogens is 348 g/mol. The average Bonchev–Trinajstić information content (AvgIpc) is 2.97. The third-order valence-electron chi connectivity index (χ3n) is 3.91. The molecule has 1 aliphatic rings. The van der Waals surface area contributed by atoms with Crippen molar-refractivity contribution in [1.82, 2.24) is 4.90 Å². The number of amides is 1. The van der Waals surface area contributed by atoms with Crippen molar-refractivity contribution in [2.75, 3.05) is 20.8 Å². The maximum Gasteiger partial charge on any atom is 0.266 e. The van der Waals surface area contributed by atoms with Crippen LogP contribution in [0.15, 0.2) is 58.4 Å². The molecule has 0 saturated carbocycles. The Balaban J connectivity index is 1.95. The summed E-state index contributed by atoms with van der Waals surface area (Å²) in [6.07, 6.45) is 1.83. The van der Waals surface area contributed by atoms with E-state index >= 15 is 0 Å². The Bertz CT molecular complexity index is 863. The molecule has 0 spiro atoms. The second-order valence-corrected chi connectivity index (χ2v) is 6.51. The van der Waals surface area contributed by atoms with Crippen molar-refractivity contribution in [3.05, 3.63) is 59.0 Å². The van der Waals surface area contributed by atoms with Crippen LogP contribution in [0.4, 0.5) is 5.69 Å². The van der Waals surface area contributed by atoms with E-state index in [1.54, 1.807) is 25.2 Å². The van der Waals surface area contributed by atoms with Gasteiger partial charge >= 0.3 is 0 Å². The zero-order valence-corrected chi connectivity index (χ0v) is 15.7. The van der Waals surface area contributed by atoms with Gasteiger partial charge in [0.25, 0.3) is 5.91 Å². The number of nitrogens with zero attached hydrogens (tertiary/aromatic N) is 2. The molecule has 1 amide bonds. The standard InChI is InChI=1S/C20H20N2O3S/c1-4-22-19(23)18(26-20(22)21-15-8-6-5-7-9-15)12-14-10-11-16(24-2)13-17(14)25-3/h5-13H,4H2,1-3H3. The second-order valence-electron chi connectivity index (χ2n) is 5.50. The maximum atomic E-state index is 12.8. The van der Waals surface area contributed by atoms with Gasteiger partial charge in [0.05, 0.1) is 24.8 Å². The van der Waals surface area contributed by atoms with Gasteiger partial charge in [-0.1, -0.05) is 18.2 Å². The number of amidine groups is 1. The molecule has 1 fully saturated rings. The van der Waals surface area contributed by atoms with Gasteiger partial charge in [-0.15, -0.1) is 0 Å². The summed E-state index contributed by atoms with van der Waals surface area (Å²) in [5, 5.41) is 0.683. The highest BCUT2D eigenvalue weighted by atomic mass is 32.2. The van der Waals surface area contributed by atoms with E-state index in [1.165, 1.54) is 11.8 Å². The predicted octanol–water partition coefficient (Wildman–Crippen LogP) is 4.33. The van der Waals surface area contributed by atoms with E-state index in [0.717, 1.165) is 11.3 Å². The van der Waals surface area contributed by atoms with Gasteiger partial charge in [0, 0.05) is 18.2 Å². The molecule has 0 aliphatic carbocycles. The van der Waals surface area contributed by atoms with Gasteiger partial charge in [0.15, 0.2) is 5.17 Å². The van der Waals surface area contributed by atoms with Gasteiger partial charge in [-0.05, 0) is 49.0 Å². The number of thioether (sulfide) groups is 1. The van der Waals surface area contributed by atoms with Gasteiger partial charge in [0.1, 0.15) is 11.5 Å². The average molecular weight is 368 g/mol. The van der Waals surface area contributed by atoms with Crippen LogP contribution in [-0.4, -0.2) is 36.7 Å². The zero-order chi connectivity index (χ0) is 18.5. The number of hydrogen-bond donors (Lipinski definition) is 0. The minimum atomic E-state index is -0.0509. The number of methoxy groups -OCH3 is 2. The minimum absolute atomic E-state index is 0.0509. The minimum Gasteiger partial charge on any atom is -0.497 e. The maximum absolute atomic E-state index is 12.8. The Kier molecular flexibility index (Phi) is 5.63. The van der Waals surface area contributed by atoms with Crippen LogP contribution in [0, 0.1) is 0 Å². The van der Waals surface area contributed by atoms with Crippen molar-refractivity contribution in [3.63, 3.8) is 0 Å². The Morgan fingerprint density at radius 3 is 2.54 bits per heavy atom. The van der Waals surface area contributed by atoms with Gasteiger partial charge < -0.3 is 9.47 Å². The molecule has 0 unspecified atom stereocenters. The Labute approximate surface area is 157 Å². The lowest BCUT2D eigenvalue weighted by Crippen LogP contribution is -2.28. The lowest BCUT2D eigenvalue weighted by Gasteiger charge is -2.12. The van der Waals surface area contributed by atoms with E-state index in [0.29, 0.717) is 28.1 Å². The molecule has 134 valence electrons. The van der Waals surface area contributed by atoms with Gasteiger partial charge in [-0.3, -0.25) is 9.69 Å². The Morgan fingerprint density at radius 1 is 1.12 bits per heavy atom. The van der Waals surface area contributed by atoms with E-state index in [9.17, 15) is 4.79 Å². The van der Waals surface area contributed by atoms with Crippen molar-refractivity contribution < 1.29 is 14.3 Å². The van der Waals surface area contributed by atoms with Crippen LogP contribution < -0.4 is 9.47 Å². The molecule has 0 radical (unpaired) electrons. The number of para-hydroxylation sites is 1. The first-order chi connectivity index (χ1) is 12.7. The molecule has 0 atom stereocenters. The summed E-state index contributed by atoms with van der Waals surface area (Å²) >= 11 is 1.37. The molecule has 0 bridgehead atoms. The molecule has 1 heterocycles. The third kappa shape index (κ3) is 3.75. The van der Waals surface area contributed by atoms with Crippen LogP contribution in [0.25, 0.3) is 6.08 Å². The van der Waals surface area contributed by atoms with E-state index in [2.05, 4.69) is 4.99 Å². The van der Waals surface area contributed by atoms with E-state index in [1.807, 2.05) is 55.5 Å². The summed E-state index contributed by atoms with van der Waals surface area (Å²) < 4.78 is 10.6. The first-order valence-corrected chi connectivity index (χ1v) is 9.05. The molecule has 3 rings (SSSR count). The van der Waals surface area contributed by atoms with Crippen LogP contribution in [0.3, 0.4) is 0 Å².